The summed E-state index contributed by atoms with van der Waals surface area (Å²) in [4.78, 5) is 8.25. The molecule has 0 saturated heterocycles. The van der Waals surface area contributed by atoms with Crippen LogP contribution >= 0.6 is 0 Å². The fourth-order valence-corrected chi connectivity index (χ4v) is 2.36. The first-order valence-corrected chi connectivity index (χ1v) is 7.01. The Morgan fingerprint density at radius 3 is 1.88 bits per heavy atom. The van der Waals surface area contributed by atoms with Crippen molar-refractivity contribution in [2.45, 2.75) is 19.6 Å². The summed E-state index contributed by atoms with van der Waals surface area (Å²) in [6, 6.07) is 0. The normalized spacial score (nSPS) is 10.9. The molecule has 0 unspecified atom stereocenters. The molecule has 1 N–H and O–H groups in total. The van der Waals surface area contributed by atoms with Crippen molar-refractivity contribution in [2.24, 2.45) is 0 Å². The summed E-state index contributed by atoms with van der Waals surface area (Å²) in [7, 11) is -4.42. The van der Waals surface area contributed by atoms with E-state index < -0.39 is 17.5 Å². The van der Waals surface area contributed by atoms with E-state index >= 15 is 0 Å². The van der Waals surface area contributed by atoms with Crippen LogP contribution in [0, 0.1) is 0 Å². The van der Waals surface area contributed by atoms with Gasteiger partial charge in [-0.3, -0.25) is 4.46 Å². The van der Waals surface area contributed by atoms with Crippen LogP contribution in [0.2, 0.25) is 19.6 Å². The number of hydrogen-bond donors (Lipinski definition) is 1. The predicted octanol–water partition coefficient (Wildman–Crippen LogP) is 0.246. The summed E-state index contributed by atoms with van der Waals surface area (Å²) >= 11 is 0. The summed E-state index contributed by atoms with van der Waals surface area (Å²) in [6.07, 6.45) is 0. The summed E-state index contributed by atoms with van der Waals surface area (Å²) < 4.78 is 14.7. The molecule has 0 spiro atoms. The van der Waals surface area contributed by atoms with Crippen LogP contribution in [0.3, 0.4) is 0 Å². The molecule has 0 rings (SSSR count). The molecule has 0 aliphatic carbocycles. The van der Waals surface area contributed by atoms with Crippen molar-refractivity contribution in [1.82, 2.24) is 0 Å². The Labute approximate surface area is 51.3 Å². The molecule has 48 valence electrons. The standard InChI is InChI=1S/C3H10O3Si2/c1-8(2,3)6-7(4)5/h4H,1-3H3. The highest BCUT2D eigenvalue weighted by atomic mass is 28.4. The molecule has 0 aromatic heterocycles. The Morgan fingerprint density at radius 1 is 1.50 bits per heavy atom. The molecule has 0 aromatic rings. The fourth-order valence-electron chi connectivity index (χ4n) is 0.262. The van der Waals surface area contributed by atoms with E-state index in [2.05, 4.69) is 4.12 Å². The fraction of sp³-hybridized carbons (Fsp3) is 1.00. The second-order valence-electron chi connectivity index (χ2n) is 2.48. The van der Waals surface area contributed by atoms with Crippen LogP contribution in [-0.2, 0) is 8.58 Å². The van der Waals surface area contributed by atoms with Gasteiger partial charge < -0.3 is 8.91 Å². The highest BCUT2D eigenvalue weighted by Gasteiger charge is 2.20. The van der Waals surface area contributed by atoms with Crippen LogP contribution in [0.15, 0.2) is 0 Å². The molecule has 8 heavy (non-hydrogen) atoms. The van der Waals surface area contributed by atoms with Crippen molar-refractivity contribution in [3.8, 4) is 0 Å². The number of hydrogen-bond acceptors (Lipinski definition) is 2. The van der Waals surface area contributed by atoms with Crippen molar-refractivity contribution in [3.05, 3.63) is 0 Å². The van der Waals surface area contributed by atoms with Crippen LogP contribution in [0.25, 0.3) is 0 Å². The molecule has 0 atom stereocenters. The topological polar surface area (TPSA) is 46.5 Å². The third-order valence-corrected chi connectivity index (χ3v) is 3.54. The Balaban J connectivity index is 3.55. The molecule has 0 bridgehead atoms. The molecule has 0 amide bonds. The zero-order valence-electron chi connectivity index (χ0n) is 5.26. The minimum absolute atomic E-state index is 1.74. The summed E-state index contributed by atoms with van der Waals surface area (Å²) in [6.45, 7) is 5.60. The van der Waals surface area contributed by atoms with Crippen LogP contribution in [0.5, 0.6) is 0 Å². The average molecular weight is 150 g/mol. The van der Waals surface area contributed by atoms with Gasteiger partial charge in [0.1, 0.15) is 0 Å². The third-order valence-electron chi connectivity index (χ3n) is 0.393. The Hall–Kier alpha value is -0.166. The predicted molar refractivity (Wildman–Crippen MR) is 33.1 cm³/mol. The lowest BCUT2D eigenvalue weighted by Crippen LogP contribution is -2.30. The van der Waals surface area contributed by atoms with Crippen molar-refractivity contribution in [1.29, 1.82) is 0 Å². The third kappa shape index (κ3) is 5.83. The molecule has 0 fully saturated rings. The smallest absolute Gasteiger partial charge is 0.552 e. The quantitative estimate of drug-likeness (QED) is 0.574. The molecular formula is C3H10O3Si2. The maximum atomic E-state index is 10.0. The highest BCUT2D eigenvalue weighted by molar-refractivity contribution is 6.73. The van der Waals surface area contributed by atoms with Gasteiger partial charge in [0.15, 0.2) is 0 Å². The first kappa shape index (κ1) is 7.83. The van der Waals surface area contributed by atoms with E-state index in [1.54, 1.807) is 0 Å². The van der Waals surface area contributed by atoms with Gasteiger partial charge in [-0.25, -0.2) is 0 Å². The van der Waals surface area contributed by atoms with E-state index in [9.17, 15) is 4.46 Å². The Morgan fingerprint density at radius 2 is 1.88 bits per heavy atom. The van der Waals surface area contributed by atoms with Gasteiger partial charge in [-0.15, -0.1) is 0 Å². The van der Waals surface area contributed by atoms with Gasteiger partial charge in [0, 0.05) is 0 Å². The van der Waals surface area contributed by atoms with Crippen LogP contribution < -0.4 is 0 Å². The average Bonchev–Trinajstić information content (AvgIpc) is 1.21. The zero-order chi connectivity index (χ0) is 6.78. The van der Waals surface area contributed by atoms with Gasteiger partial charge in [-0.1, -0.05) is 0 Å². The van der Waals surface area contributed by atoms with Gasteiger partial charge in [-0.2, -0.15) is 0 Å². The van der Waals surface area contributed by atoms with E-state index in [-0.39, 0.29) is 0 Å². The highest BCUT2D eigenvalue weighted by Crippen LogP contribution is 1.99. The van der Waals surface area contributed by atoms with Crippen molar-refractivity contribution >= 4 is 17.5 Å². The monoisotopic (exact) mass is 150 g/mol. The second-order valence-corrected chi connectivity index (χ2v) is 8.05. The molecule has 0 heterocycles. The first-order valence-electron chi connectivity index (χ1n) is 2.34. The maximum Gasteiger partial charge on any atom is 0.749 e. The van der Waals surface area contributed by atoms with E-state index in [0.717, 1.165) is 0 Å². The van der Waals surface area contributed by atoms with Gasteiger partial charge in [-0.05, 0) is 19.6 Å². The largest absolute Gasteiger partial charge is 0.749 e. The molecular weight excluding hydrogens is 140 g/mol. The second kappa shape index (κ2) is 2.41. The molecule has 0 aromatic carbocycles. The van der Waals surface area contributed by atoms with Crippen molar-refractivity contribution in [2.75, 3.05) is 0 Å². The van der Waals surface area contributed by atoms with Crippen LogP contribution in [-0.4, -0.2) is 22.3 Å². The van der Waals surface area contributed by atoms with Gasteiger partial charge in [0.2, 0.25) is 8.32 Å². The summed E-state index contributed by atoms with van der Waals surface area (Å²) in [5.74, 6) is 0. The van der Waals surface area contributed by atoms with Gasteiger partial charge in [0.05, 0.1) is 0 Å². The molecule has 0 aliphatic rings. The lowest BCUT2D eigenvalue weighted by atomic mass is 11.8. The minimum Gasteiger partial charge on any atom is -0.552 e. The summed E-state index contributed by atoms with van der Waals surface area (Å²) in [5.41, 5.74) is 0. The van der Waals surface area contributed by atoms with E-state index in [1.807, 2.05) is 19.6 Å². The number of rotatable bonds is 2. The van der Waals surface area contributed by atoms with E-state index in [0.29, 0.717) is 0 Å². The molecule has 5 heteroatoms. The summed E-state index contributed by atoms with van der Waals surface area (Å²) in [5, 5.41) is 0. The molecule has 0 aliphatic heterocycles. The van der Waals surface area contributed by atoms with Crippen LogP contribution in [0.4, 0.5) is 0 Å². The molecule has 3 nitrogen and oxygen atoms in total. The van der Waals surface area contributed by atoms with E-state index in [1.165, 1.54) is 0 Å². The zero-order valence-corrected chi connectivity index (χ0v) is 7.26. The minimum atomic E-state index is -2.68. The molecule has 0 radical (unpaired) electrons. The van der Waals surface area contributed by atoms with Crippen LogP contribution in [0.1, 0.15) is 0 Å². The first-order chi connectivity index (χ1) is 3.42. The van der Waals surface area contributed by atoms with E-state index in [4.69, 9.17) is 4.80 Å². The Kier molecular flexibility index (Phi) is 2.36. The lowest BCUT2D eigenvalue weighted by molar-refractivity contribution is 0.336. The van der Waals surface area contributed by atoms with Gasteiger partial charge in [0.25, 0.3) is 0 Å². The lowest BCUT2D eigenvalue weighted by Gasteiger charge is -2.13. The van der Waals surface area contributed by atoms with Gasteiger partial charge >= 0.3 is 9.17 Å². The molecule has 0 saturated carbocycles. The van der Waals surface area contributed by atoms with Crippen molar-refractivity contribution < 1.29 is 13.4 Å². The Bertz CT molecular complexity index is 95.2. The SMILES string of the molecule is C[Si](C)(C)O[Si](=O)O. The van der Waals surface area contributed by atoms with Crippen molar-refractivity contribution in [3.63, 3.8) is 0 Å². The maximum absolute atomic E-state index is 10.0.